The van der Waals surface area contributed by atoms with Gasteiger partial charge in [0.1, 0.15) is 0 Å². The first-order chi connectivity index (χ1) is 8.04. The predicted octanol–water partition coefficient (Wildman–Crippen LogP) is 3.13. The molecular weight excluding hydrogens is 208 g/mol. The minimum atomic E-state index is 0.708. The molecule has 2 nitrogen and oxygen atoms in total. The Morgan fingerprint density at radius 2 is 1.88 bits per heavy atom. The lowest BCUT2D eigenvalue weighted by Gasteiger charge is -2.30. The standard InChI is InChI=1S/C15H32N2/c1-6-9-16-15(14-7-8-14)11-17(5)13(4)10-12(2)3/h12-16H,6-11H2,1-5H3. The van der Waals surface area contributed by atoms with Crippen LogP contribution in [-0.2, 0) is 0 Å². The minimum absolute atomic E-state index is 0.708. The Balaban J connectivity index is 2.32. The fourth-order valence-electron chi connectivity index (χ4n) is 2.56. The monoisotopic (exact) mass is 240 g/mol. The molecular formula is C15H32N2. The first-order valence-corrected chi connectivity index (χ1v) is 7.48. The Kier molecular flexibility index (Phi) is 6.50. The highest BCUT2D eigenvalue weighted by atomic mass is 15.2. The van der Waals surface area contributed by atoms with Gasteiger partial charge in [-0.05, 0) is 58.0 Å². The van der Waals surface area contributed by atoms with Crippen LogP contribution in [0, 0.1) is 11.8 Å². The summed E-state index contributed by atoms with van der Waals surface area (Å²) >= 11 is 0. The van der Waals surface area contributed by atoms with Gasteiger partial charge in [0.15, 0.2) is 0 Å². The summed E-state index contributed by atoms with van der Waals surface area (Å²) in [5, 5.41) is 3.73. The summed E-state index contributed by atoms with van der Waals surface area (Å²) in [6, 6.07) is 1.44. The van der Waals surface area contributed by atoms with E-state index in [1.165, 1.54) is 38.8 Å². The molecule has 0 spiro atoms. The van der Waals surface area contributed by atoms with Crippen molar-refractivity contribution in [2.75, 3.05) is 20.1 Å². The highest BCUT2D eigenvalue weighted by Gasteiger charge is 2.31. The lowest BCUT2D eigenvalue weighted by atomic mass is 10.0. The second-order valence-corrected chi connectivity index (χ2v) is 6.32. The van der Waals surface area contributed by atoms with Crippen molar-refractivity contribution in [2.45, 2.75) is 65.5 Å². The van der Waals surface area contributed by atoms with Crippen molar-refractivity contribution in [2.24, 2.45) is 11.8 Å². The van der Waals surface area contributed by atoms with Crippen LogP contribution in [0.25, 0.3) is 0 Å². The Bertz CT molecular complexity index is 199. The summed E-state index contributed by atoms with van der Waals surface area (Å²) in [6.07, 6.45) is 5.43. The van der Waals surface area contributed by atoms with E-state index in [2.05, 4.69) is 45.0 Å². The van der Waals surface area contributed by atoms with Crippen LogP contribution in [0.3, 0.4) is 0 Å². The van der Waals surface area contributed by atoms with Crippen LogP contribution in [0.5, 0.6) is 0 Å². The Hall–Kier alpha value is -0.0800. The van der Waals surface area contributed by atoms with Crippen molar-refractivity contribution in [1.82, 2.24) is 10.2 Å². The number of likely N-dealkylation sites (N-methyl/N-ethyl adjacent to an activating group) is 1. The summed E-state index contributed by atoms with van der Waals surface area (Å²) in [7, 11) is 2.29. The number of hydrogen-bond acceptors (Lipinski definition) is 2. The van der Waals surface area contributed by atoms with E-state index in [-0.39, 0.29) is 0 Å². The molecule has 1 aliphatic rings. The Morgan fingerprint density at radius 1 is 1.24 bits per heavy atom. The summed E-state index contributed by atoms with van der Waals surface area (Å²) in [4.78, 5) is 2.55. The van der Waals surface area contributed by atoms with Gasteiger partial charge in [-0.2, -0.15) is 0 Å². The molecule has 0 aromatic heterocycles. The SMILES string of the molecule is CCCNC(CN(C)C(C)CC(C)C)C1CC1. The summed E-state index contributed by atoms with van der Waals surface area (Å²) in [6.45, 7) is 11.6. The van der Waals surface area contributed by atoms with Crippen molar-refractivity contribution in [3.8, 4) is 0 Å². The molecule has 0 aliphatic heterocycles. The van der Waals surface area contributed by atoms with Crippen LogP contribution in [0.15, 0.2) is 0 Å². The molecule has 1 rings (SSSR count). The van der Waals surface area contributed by atoms with Crippen LogP contribution in [-0.4, -0.2) is 37.1 Å². The summed E-state index contributed by atoms with van der Waals surface area (Å²) in [5.74, 6) is 1.76. The third-order valence-electron chi connectivity index (χ3n) is 3.90. The largest absolute Gasteiger partial charge is 0.312 e. The summed E-state index contributed by atoms with van der Waals surface area (Å²) in [5.41, 5.74) is 0. The van der Waals surface area contributed by atoms with Crippen LogP contribution in [0.4, 0.5) is 0 Å². The molecule has 0 amide bonds. The molecule has 1 aliphatic carbocycles. The van der Waals surface area contributed by atoms with Crippen molar-refractivity contribution in [3.05, 3.63) is 0 Å². The zero-order valence-corrected chi connectivity index (χ0v) is 12.5. The maximum Gasteiger partial charge on any atom is 0.0223 e. The molecule has 102 valence electrons. The van der Waals surface area contributed by atoms with Gasteiger partial charge >= 0.3 is 0 Å². The number of nitrogens with zero attached hydrogens (tertiary/aromatic N) is 1. The molecule has 0 aromatic carbocycles. The number of hydrogen-bond donors (Lipinski definition) is 1. The lowest BCUT2D eigenvalue weighted by Crippen LogP contribution is -2.44. The topological polar surface area (TPSA) is 15.3 Å². The second kappa shape index (κ2) is 7.38. The lowest BCUT2D eigenvalue weighted by molar-refractivity contribution is 0.197. The van der Waals surface area contributed by atoms with Gasteiger partial charge in [0.05, 0.1) is 0 Å². The first kappa shape index (κ1) is 15.0. The van der Waals surface area contributed by atoms with Crippen LogP contribution in [0.1, 0.15) is 53.4 Å². The minimum Gasteiger partial charge on any atom is -0.312 e. The molecule has 0 saturated heterocycles. The zero-order valence-electron chi connectivity index (χ0n) is 12.5. The van der Waals surface area contributed by atoms with Gasteiger partial charge in [-0.3, -0.25) is 0 Å². The van der Waals surface area contributed by atoms with Gasteiger partial charge in [-0.25, -0.2) is 0 Å². The molecule has 1 saturated carbocycles. The maximum atomic E-state index is 3.73. The molecule has 1 N–H and O–H groups in total. The number of rotatable bonds is 9. The molecule has 0 aromatic rings. The van der Waals surface area contributed by atoms with Crippen molar-refractivity contribution < 1.29 is 0 Å². The van der Waals surface area contributed by atoms with E-state index < -0.39 is 0 Å². The molecule has 2 unspecified atom stereocenters. The fourth-order valence-corrected chi connectivity index (χ4v) is 2.56. The highest BCUT2D eigenvalue weighted by Crippen LogP contribution is 2.33. The Morgan fingerprint density at radius 3 is 2.35 bits per heavy atom. The van der Waals surface area contributed by atoms with E-state index in [9.17, 15) is 0 Å². The van der Waals surface area contributed by atoms with Gasteiger partial charge in [0, 0.05) is 18.6 Å². The van der Waals surface area contributed by atoms with E-state index in [4.69, 9.17) is 0 Å². The van der Waals surface area contributed by atoms with Crippen LogP contribution < -0.4 is 5.32 Å². The zero-order chi connectivity index (χ0) is 12.8. The van der Waals surface area contributed by atoms with Gasteiger partial charge in [-0.15, -0.1) is 0 Å². The van der Waals surface area contributed by atoms with Crippen molar-refractivity contribution in [3.63, 3.8) is 0 Å². The molecule has 0 radical (unpaired) electrons. The molecule has 0 heterocycles. The molecule has 2 atom stereocenters. The van der Waals surface area contributed by atoms with Crippen molar-refractivity contribution >= 4 is 0 Å². The van der Waals surface area contributed by atoms with Gasteiger partial charge < -0.3 is 10.2 Å². The third-order valence-corrected chi connectivity index (χ3v) is 3.90. The predicted molar refractivity (Wildman–Crippen MR) is 76.4 cm³/mol. The van der Waals surface area contributed by atoms with E-state index in [0.717, 1.165) is 17.9 Å². The third kappa shape index (κ3) is 5.87. The summed E-state index contributed by atoms with van der Waals surface area (Å²) < 4.78 is 0. The first-order valence-electron chi connectivity index (χ1n) is 7.48. The molecule has 1 fully saturated rings. The van der Waals surface area contributed by atoms with Crippen LogP contribution >= 0.6 is 0 Å². The average molecular weight is 240 g/mol. The molecule has 0 bridgehead atoms. The van der Waals surface area contributed by atoms with E-state index >= 15 is 0 Å². The molecule has 2 heteroatoms. The van der Waals surface area contributed by atoms with Crippen molar-refractivity contribution in [1.29, 1.82) is 0 Å². The van der Waals surface area contributed by atoms with E-state index in [1.807, 2.05) is 0 Å². The highest BCUT2D eigenvalue weighted by molar-refractivity contribution is 4.88. The smallest absolute Gasteiger partial charge is 0.0223 e. The number of nitrogens with one attached hydrogen (secondary N) is 1. The average Bonchev–Trinajstić information content (AvgIpc) is 3.06. The Labute approximate surface area is 108 Å². The fraction of sp³-hybridized carbons (Fsp3) is 1.00. The van der Waals surface area contributed by atoms with Crippen LogP contribution in [0.2, 0.25) is 0 Å². The van der Waals surface area contributed by atoms with Gasteiger partial charge in [-0.1, -0.05) is 20.8 Å². The van der Waals surface area contributed by atoms with Gasteiger partial charge in [0.25, 0.3) is 0 Å². The quantitative estimate of drug-likeness (QED) is 0.666. The maximum absolute atomic E-state index is 3.73. The second-order valence-electron chi connectivity index (χ2n) is 6.32. The van der Waals surface area contributed by atoms with E-state index in [1.54, 1.807) is 0 Å². The van der Waals surface area contributed by atoms with Gasteiger partial charge in [0.2, 0.25) is 0 Å². The normalized spacial score (nSPS) is 19.9. The molecule has 17 heavy (non-hydrogen) atoms. The van der Waals surface area contributed by atoms with E-state index in [0.29, 0.717) is 6.04 Å².